The normalized spacial score (nSPS) is 11.8. The van der Waals surface area contributed by atoms with E-state index in [9.17, 15) is 0 Å². The third-order valence-electron chi connectivity index (χ3n) is 3.47. The molecule has 0 unspecified atom stereocenters. The topological polar surface area (TPSA) is 55.4 Å². The minimum absolute atomic E-state index is 0.471. The fourth-order valence-corrected chi connectivity index (χ4v) is 4.72. The molecule has 0 saturated carbocycles. The van der Waals surface area contributed by atoms with Crippen LogP contribution in [0.25, 0.3) is 0 Å². The van der Waals surface area contributed by atoms with E-state index in [1.54, 1.807) is 21.3 Å². The Balaban J connectivity index is 4.50. The van der Waals surface area contributed by atoms with E-state index in [0.717, 1.165) is 25.3 Å². The van der Waals surface area contributed by atoms with Gasteiger partial charge < -0.3 is 27.5 Å². The van der Waals surface area contributed by atoms with E-state index in [1.165, 1.54) is 12.8 Å². The van der Waals surface area contributed by atoms with Crippen LogP contribution in [0.1, 0.15) is 32.1 Å². The molecule has 0 aromatic heterocycles. The Bertz CT molecular complexity index is 251. The zero-order chi connectivity index (χ0) is 17.9. The van der Waals surface area contributed by atoms with Crippen molar-refractivity contribution in [3.63, 3.8) is 0 Å². The van der Waals surface area contributed by atoms with Crippen LogP contribution < -0.4 is 0 Å². The van der Waals surface area contributed by atoms with Crippen molar-refractivity contribution < 1.29 is 27.5 Å². The molecular weight excluding hydrogens is 328 g/mol. The Hall–Kier alpha value is -0.283. The van der Waals surface area contributed by atoms with Crippen molar-refractivity contribution in [2.24, 2.45) is 0 Å². The Kier molecular flexibility index (Phi) is 17.3. The van der Waals surface area contributed by atoms with Crippen molar-refractivity contribution in [1.29, 1.82) is 0 Å². The van der Waals surface area contributed by atoms with Gasteiger partial charge in [-0.15, -0.1) is 6.58 Å². The first-order valence-corrected chi connectivity index (χ1v) is 10.7. The number of unbranched alkanes of at least 4 members (excludes halogenated alkanes) is 4. The summed E-state index contributed by atoms with van der Waals surface area (Å²) in [4.78, 5) is 0. The van der Waals surface area contributed by atoms with Gasteiger partial charge in [-0.1, -0.05) is 18.9 Å². The van der Waals surface area contributed by atoms with Gasteiger partial charge in [-0.05, 0) is 19.3 Å². The maximum absolute atomic E-state index is 6.03. The first-order valence-electron chi connectivity index (χ1n) is 8.74. The zero-order valence-corrected chi connectivity index (χ0v) is 16.7. The summed E-state index contributed by atoms with van der Waals surface area (Å²) in [5.74, 6) is 0. The third-order valence-corrected chi connectivity index (χ3v) is 6.37. The highest BCUT2D eigenvalue weighted by Crippen LogP contribution is 2.21. The SMILES string of the molecule is C=CCCCCCC[Si](OCCOC)(OCCOC)OCCOC. The molecule has 0 aromatic carbocycles. The maximum atomic E-state index is 6.03. The highest BCUT2D eigenvalue weighted by Gasteiger charge is 2.40. The van der Waals surface area contributed by atoms with Crippen LogP contribution in [0.2, 0.25) is 6.04 Å². The van der Waals surface area contributed by atoms with Crippen molar-refractivity contribution in [3.05, 3.63) is 12.7 Å². The standard InChI is InChI=1S/C17H36O6Si/c1-5-6-7-8-9-10-17-24(21-14-11-18-2,22-15-12-19-3)23-16-13-20-4/h5H,1,6-17H2,2-4H3. The first kappa shape index (κ1) is 23.7. The maximum Gasteiger partial charge on any atom is 0.501 e. The molecule has 0 saturated heterocycles. The third kappa shape index (κ3) is 13.1. The lowest BCUT2D eigenvalue weighted by atomic mass is 10.1. The second-order valence-corrected chi connectivity index (χ2v) is 8.18. The largest absolute Gasteiger partial charge is 0.501 e. The van der Waals surface area contributed by atoms with E-state index in [-0.39, 0.29) is 0 Å². The molecular formula is C17H36O6Si. The van der Waals surface area contributed by atoms with Crippen LogP contribution in [0, 0.1) is 0 Å². The lowest BCUT2D eigenvalue weighted by molar-refractivity contribution is 0.0142. The van der Waals surface area contributed by atoms with E-state index in [2.05, 4.69) is 6.58 Å². The molecule has 0 heterocycles. The van der Waals surface area contributed by atoms with Gasteiger partial charge in [-0.2, -0.15) is 0 Å². The number of hydrogen-bond acceptors (Lipinski definition) is 6. The van der Waals surface area contributed by atoms with Crippen molar-refractivity contribution in [3.8, 4) is 0 Å². The van der Waals surface area contributed by atoms with Crippen molar-refractivity contribution in [2.45, 2.75) is 38.1 Å². The van der Waals surface area contributed by atoms with Crippen LogP contribution in [-0.4, -0.2) is 69.8 Å². The molecule has 0 aliphatic rings. The zero-order valence-electron chi connectivity index (χ0n) is 15.7. The smallest absolute Gasteiger partial charge is 0.382 e. The van der Waals surface area contributed by atoms with Crippen molar-refractivity contribution >= 4 is 8.80 Å². The van der Waals surface area contributed by atoms with E-state index < -0.39 is 8.80 Å². The number of allylic oxidation sites excluding steroid dienone is 1. The van der Waals surface area contributed by atoms with Gasteiger partial charge >= 0.3 is 8.80 Å². The molecule has 24 heavy (non-hydrogen) atoms. The fourth-order valence-electron chi connectivity index (χ4n) is 2.17. The summed E-state index contributed by atoms with van der Waals surface area (Å²) in [5.41, 5.74) is 0. The van der Waals surface area contributed by atoms with Crippen LogP contribution in [0.5, 0.6) is 0 Å². The summed E-state index contributed by atoms with van der Waals surface area (Å²) in [6.07, 6.45) is 7.56. The molecule has 0 aromatic rings. The lowest BCUT2D eigenvalue weighted by Crippen LogP contribution is -2.48. The minimum Gasteiger partial charge on any atom is -0.382 e. The monoisotopic (exact) mass is 364 g/mol. The molecule has 0 aliphatic carbocycles. The highest BCUT2D eigenvalue weighted by molar-refractivity contribution is 6.60. The lowest BCUT2D eigenvalue weighted by Gasteiger charge is -2.29. The molecule has 7 heteroatoms. The van der Waals surface area contributed by atoms with E-state index in [1.807, 2.05) is 6.08 Å². The summed E-state index contributed by atoms with van der Waals surface area (Å²) in [5, 5.41) is 0. The predicted molar refractivity (Wildman–Crippen MR) is 97.3 cm³/mol. The molecule has 144 valence electrons. The van der Waals surface area contributed by atoms with Gasteiger partial charge in [0.1, 0.15) is 0 Å². The molecule has 0 bridgehead atoms. The second-order valence-electron chi connectivity index (χ2n) is 5.45. The number of ether oxygens (including phenoxy) is 3. The summed E-state index contributed by atoms with van der Waals surface area (Å²) in [7, 11) is 2.23. The summed E-state index contributed by atoms with van der Waals surface area (Å²) in [6.45, 7) is 6.74. The first-order chi connectivity index (χ1) is 11.7. The molecule has 0 atom stereocenters. The van der Waals surface area contributed by atoms with Gasteiger partial charge in [0.2, 0.25) is 0 Å². The molecule has 0 radical (unpaired) electrons. The number of hydrogen-bond donors (Lipinski definition) is 0. The fraction of sp³-hybridized carbons (Fsp3) is 0.882. The quantitative estimate of drug-likeness (QED) is 0.199. The summed E-state index contributed by atoms with van der Waals surface area (Å²) in [6, 6.07) is 0.804. The van der Waals surface area contributed by atoms with Gasteiger partial charge in [0, 0.05) is 27.4 Å². The van der Waals surface area contributed by atoms with E-state index in [4.69, 9.17) is 27.5 Å². The van der Waals surface area contributed by atoms with Crippen LogP contribution >= 0.6 is 0 Å². The average molecular weight is 365 g/mol. The summed E-state index contributed by atoms with van der Waals surface area (Å²) < 4.78 is 33.4. The predicted octanol–water partition coefficient (Wildman–Crippen LogP) is 3.05. The Morgan fingerprint density at radius 1 is 0.667 bits per heavy atom. The van der Waals surface area contributed by atoms with Gasteiger partial charge in [0.25, 0.3) is 0 Å². The Morgan fingerprint density at radius 3 is 1.54 bits per heavy atom. The van der Waals surface area contributed by atoms with Gasteiger partial charge in [-0.25, -0.2) is 0 Å². The van der Waals surface area contributed by atoms with Gasteiger partial charge in [-0.3, -0.25) is 0 Å². The summed E-state index contributed by atoms with van der Waals surface area (Å²) >= 11 is 0. The van der Waals surface area contributed by atoms with Crippen molar-refractivity contribution in [2.75, 3.05) is 61.0 Å². The number of rotatable bonds is 19. The molecule has 0 rings (SSSR count). The molecule has 0 fully saturated rings. The molecule has 0 aliphatic heterocycles. The van der Waals surface area contributed by atoms with Crippen LogP contribution in [0.3, 0.4) is 0 Å². The van der Waals surface area contributed by atoms with E-state index in [0.29, 0.717) is 39.6 Å². The molecule has 0 amide bonds. The van der Waals surface area contributed by atoms with Crippen LogP contribution in [0.4, 0.5) is 0 Å². The second kappa shape index (κ2) is 17.5. The molecule has 0 spiro atoms. The van der Waals surface area contributed by atoms with Crippen LogP contribution in [-0.2, 0) is 27.5 Å². The minimum atomic E-state index is -2.74. The van der Waals surface area contributed by atoms with Crippen LogP contribution in [0.15, 0.2) is 12.7 Å². The average Bonchev–Trinajstić information content (AvgIpc) is 2.58. The highest BCUT2D eigenvalue weighted by atomic mass is 28.4. The van der Waals surface area contributed by atoms with E-state index >= 15 is 0 Å². The molecule has 0 N–H and O–H groups in total. The van der Waals surface area contributed by atoms with Gasteiger partial charge in [0.05, 0.1) is 39.6 Å². The number of methoxy groups -OCH3 is 3. The van der Waals surface area contributed by atoms with Gasteiger partial charge in [0.15, 0.2) is 0 Å². The van der Waals surface area contributed by atoms with Crippen molar-refractivity contribution in [1.82, 2.24) is 0 Å². The Morgan fingerprint density at radius 2 is 1.12 bits per heavy atom. The molecule has 6 nitrogen and oxygen atoms in total. The Labute approximate surface area is 148 Å².